The van der Waals surface area contributed by atoms with Crippen molar-refractivity contribution in [2.75, 3.05) is 13.2 Å². The Balaban J connectivity index is 4.09. The van der Waals surface area contributed by atoms with E-state index < -0.39 is 32.5 Å². The van der Waals surface area contributed by atoms with Crippen LogP contribution in [0.15, 0.2) is 48.6 Å². The Morgan fingerprint density at radius 1 is 0.620 bits per heavy atom. The fourth-order valence-corrected chi connectivity index (χ4v) is 5.45. The van der Waals surface area contributed by atoms with Crippen molar-refractivity contribution in [3.63, 3.8) is 0 Å². The van der Waals surface area contributed by atoms with Gasteiger partial charge in [0.1, 0.15) is 6.61 Å². The van der Waals surface area contributed by atoms with Gasteiger partial charge in [0.25, 0.3) is 0 Å². The molecule has 3 N–H and O–H groups in total. The highest BCUT2D eigenvalue weighted by molar-refractivity contribution is 7.46. The van der Waals surface area contributed by atoms with Gasteiger partial charge in [-0.1, -0.05) is 140 Å². The van der Waals surface area contributed by atoms with Gasteiger partial charge in [-0.25, -0.2) is 4.57 Å². The molecule has 9 nitrogen and oxygen atoms in total. The number of ether oxygens (including phenoxy) is 2. The summed E-state index contributed by atoms with van der Waals surface area (Å²) in [5, 5.41) is 9.53. The Labute approximate surface area is 304 Å². The van der Waals surface area contributed by atoms with Crippen molar-refractivity contribution in [3.05, 3.63) is 48.6 Å². The summed E-state index contributed by atoms with van der Waals surface area (Å²) in [4.78, 5) is 42.7. The number of phosphoric acid groups is 1. The molecule has 1 unspecified atom stereocenters. The number of carbonyl (C=O) groups is 2. The van der Waals surface area contributed by atoms with Gasteiger partial charge in [0, 0.05) is 12.8 Å². The van der Waals surface area contributed by atoms with Crippen LogP contribution in [0.4, 0.5) is 0 Å². The predicted octanol–water partition coefficient (Wildman–Crippen LogP) is 10.4. The van der Waals surface area contributed by atoms with Gasteiger partial charge in [0.2, 0.25) is 0 Å². The van der Waals surface area contributed by atoms with Crippen molar-refractivity contribution in [2.24, 2.45) is 5.92 Å². The molecule has 50 heavy (non-hydrogen) atoms. The summed E-state index contributed by atoms with van der Waals surface area (Å²) < 4.78 is 26.3. The van der Waals surface area contributed by atoms with Crippen molar-refractivity contribution in [1.29, 1.82) is 0 Å². The van der Waals surface area contributed by atoms with Gasteiger partial charge < -0.3 is 24.4 Å². The first kappa shape index (κ1) is 48.0. The normalized spacial score (nSPS) is 14.3. The standard InChI is InChI=1S/C40H71O9P/c1-4-36(3)30-26-22-18-14-12-13-16-20-24-28-32-39(42)47-34-38(35-48-50(44,45)46)49-40(43)33-29-25-21-17-11-9-7-6-8-10-15-19-23-27-31-37(41)5-2/h7-10,17,19,21,23,36-38,41H,4-6,11-16,18,20,22,24-35H2,1-3H3,(H2,44,45,46)/b9-7-,10-8-,21-17-,23-19-/t36?,37-,38-/m1/s1. The van der Waals surface area contributed by atoms with Crippen LogP contribution in [0.25, 0.3) is 0 Å². The van der Waals surface area contributed by atoms with Crippen LogP contribution in [0.5, 0.6) is 0 Å². The van der Waals surface area contributed by atoms with Crippen molar-refractivity contribution in [3.8, 4) is 0 Å². The molecule has 0 fully saturated rings. The second-order valence-corrected chi connectivity index (χ2v) is 14.5. The van der Waals surface area contributed by atoms with Crippen LogP contribution in [-0.4, -0.2) is 52.3 Å². The Morgan fingerprint density at radius 3 is 1.66 bits per heavy atom. The first-order valence-electron chi connectivity index (χ1n) is 19.4. The first-order chi connectivity index (χ1) is 24.1. The van der Waals surface area contributed by atoms with Crippen LogP contribution in [0.3, 0.4) is 0 Å². The zero-order valence-corrected chi connectivity index (χ0v) is 32.5. The average molecular weight is 727 g/mol. The molecule has 0 amide bonds. The zero-order valence-electron chi connectivity index (χ0n) is 31.6. The molecule has 0 aromatic rings. The number of carbonyl (C=O) groups excluding carboxylic acids is 2. The maximum Gasteiger partial charge on any atom is 0.469 e. The molecule has 290 valence electrons. The largest absolute Gasteiger partial charge is 0.469 e. The van der Waals surface area contributed by atoms with Gasteiger partial charge in [-0.05, 0) is 63.7 Å². The third-order valence-electron chi connectivity index (χ3n) is 8.55. The van der Waals surface area contributed by atoms with E-state index in [4.69, 9.17) is 19.3 Å². The molecule has 0 rings (SSSR count). The minimum atomic E-state index is -4.77. The molecule has 10 heteroatoms. The molecule has 0 aliphatic carbocycles. The average Bonchev–Trinajstić information content (AvgIpc) is 3.08. The molecule has 0 radical (unpaired) electrons. The van der Waals surface area contributed by atoms with E-state index in [0.717, 1.165) is 63.7 Å². The van der Waals surface area contributed by atoms with E-state index in [1.54, 1.807) is 0 Å². The van der Waals surface area contributed by atoms with Gasteiger partial charge in [0.05, 0.1) is 12.7 Å². The van der Waals surface area contributed by atoms with Crippen LogP contribution in [0, 0.1) is 5.92 Å². The number of rotatable bonds is 34. The summed E-state index contributed by atoms with van der Waals surface area (Å²) >= 11 is 0. The van der Waals surface area contributed by atoms with Gasteiger partial charge in [-0.15, -0.1) is 0 Å². The van der Waals surface area contributed by atoms with Crippen LogP contribution in [0.2, 0.25) is 0 Å². The van der Waals surface area contributed by atoms with E-state index in [2.05, 4.69) is 54.8 Å². The summed E-state index contributed by atoms with van der Waals surface area (Å²) in [6.07, 6.45) is 36.4. The van der Waals surface area contributed by atoms with Gasteiger partial charge >= 0.3 is 19.8 Å². The maximum atomic E-state index is 12.3. The SMILES string of the molecule is CCC(C)CCCCCCCCCCCCC(=O)OC[C@H](COP(=O)(O)O)OC(=O)CCC/C=C\C/C=C\C/C=C\C/C=C\CC[C@H](O)CC. The molecule has 0 aliphatic rings. The molecular formula is C40H71O9P. The molecular weight excluding hydrogens is 655 g/mol. The monoisotopic (exact) mass is 726 g/mol. The quantitative estimate of drug-likeness (QED) is 0.0256. The van der Waals surface area contributed by atoms with Gasteiger partial charge in [0.15, 0.2) is 6.10 Å². The van der Waals surface area contributed by atoms with Crippen LogP contribution >= 0.6 is 7.82 Å². The molecule has 0 heterocycles. The second-order valence-electron chi connectivity index (χ2n) is 13.3. The maximum absolute atomic E-state index is 12.3. The van der Waals surface area contributed by atoms with Crippen LogP contribution < -0.4 is 0 Å². The van der Waals surface area contributed by atoms with Crippen molar-refractivity contribution >= 4 is 19.8 Å². The second kappa shape index (κ2) is 34.1. The molecule has 0 saturated heterocycles. The summed E-state index contributed by atoms with van der Waals surface area (Å²) in [6.45, 7) is 5.69. The molecule has 0 bridgehead atoms. The Kier molecular flexibility index (Phi) is 32.7. The molecule has 3 atom stereocenters. The van der Waals surface area contributed by atoms with E-state index in [1.807, 2.05) is 19.1 Å². The van der Waals surface area contributed by atoms with Crippen LogP contribution in [-0.2, 0) is 28.2 Å². The third kappa shape index (κ3) is 35.8. The first-order valence-corrected chi connectivity index (χ1v) is 20.9. The van der Waals surface area contributed by atoms with E-state index in [1.165, 1.54) is 51.4 Å². The fraction of sp³-hybridized carbons (Fsp3) is 0.750. The highest BCUT2D eigenvalue weighted by Crippen LogP contribution is 2.36. The fourth-order valence-electron chi connectivity index (χ4n) is 5.09. The van der Waals surface area contributed by atoms with Crippen molar-refractivity contribution in [1.82, 2.24) is 0 Å². The Morgan fingerprint density at radius 2 is 1.12 bits per heavy atom. The number of allylic oxidation sites excluding steroid dienone is 8. The molecule has 0 spiro atoms. The van der Waals surface area contributed by atoms with E-state index in [9.17, 15) is 19.3 Å². The van der Waals surface area contributed by atoms with Crippen molar-refractivity contribution < 1.29 is 43.0 Å². The predicted molar refractivity (Wildman–Crippen MR) is 203 cm³/mol. The highest BCUT2D eigenvalue weighted by Gasteiger charge is 2.22. The van der Waals surface area contributed by atoms with Gasteiger partial charge in [-0.3, -0.25) is 14.1 Å². The van der Waals surface area contributed by atoms with E-state index in [0.29, 0.717) is 19.3 Å². The number of aliphatic hydroxyl groups is 1. The van der Waals surface area contributed by atoms with E-state index >= 15 is 0 Å². The lowest BCUT2D eigenvalue weighted by atomic mass is 9.99. The number of esters is 2. The lowest BCUT2D eigenvalue weighted by Gasteiger charge is -2.18. The number of unbranched alkanes of at least 4 members (excludes halogenated alkanes) is 10. The van der Waals surface area contributed by atoms with E-state index in [-0.39, 0.29) is 25.6 Å². The number of aliphatic hydroxyl groups excluding tert-OH is 1. The molecule has 0 saturated carbocycles. The Bertz CT molecular complexity index is 985. The Hall–Kier alpha value is -2.03. The number of hydrogen-bond donors (Lipinski definition) is 3. The number of phosphoric ester groups is 1. The lowest BCUT2D eigenvalue weighted by Crippen LogP contribution is -2.29. The summed E-state index contributed by atoms with van der Waals surface area (Å²) in [6, 6.07) is 0. The molecule has 0 aliphatic heterocycles. The minimum Gasteiger partial charge on any atom is -0.462 e. The molecule has 0 aromatic heterocycles. The minimum absolute atomic E-state index is 0.122. The molecule has 0 aromatic carbocycles. The summed E-state index contributed by atoms with van der Waals surface area (Å²) in [7, 11) is -4.77. The smallest absolute Gasteiger partial charge is 0.462 e. The topological polar surface area (TPSA) is 140 Å². The lowest BCUT2D eigenvalue weighted by molar-refractivity contribution is -0.161. The summed E-state index contributed by atoms with van der Waals surface area (Å²) in [5.74, 6) is -0.126. The number of hydrogen-bond acceptors (Lipinski definition) is 7. The summed E-state index contributed by atoms with van der Waals surface area (Å²) in [5.41, 5.74) is 0. The zero-order chi connectivity index (χ0) is 37.1. The van der Waals surface area contributed by atoms with Gasteiger partial charge in [-0.2, -0.15) is 0 Å². The van der Waals surface area contributed by atoms with Crippen molar-refractivity contribution in [2.45, 2.75) is 174 Å². The highest BCUT2D eigenvalue weighted by atomic mass is 31.2. The third-order valence-corrected chi connectivity index (χ3v) is 9.04. The van der Waals surface area contributed by atoms with Crippen LogP contribution in [0.1, 0.15) is 162 Å².